The fraction of sp³-hybridized carbons (Fsp3) is 0.261. The number of aromatic nitrogens is 2. The van der Waals surface area contributed by atoms with Crippen molar-refractivity contribution in [1.82, 2.24) is 9.55 Å². The maximum atomic E-state index is 14.3. The molecule has 0 radical (unpaired) electrons. The van der Waals surface area contributed by atoms with E-state index in [0.29, 0.717) is 18.2 Å². The van der Waals surface area contributed by atoms with Crippen LogP contribution in [0.15, 0.2) is 47.5 Å². The predicted molar refractivity (Wildman–Crippen MR) is 113 cm³/mol. The quantitative estimate of drug-likeness (QED) is 0.424. The van der Waals surface area contributed by atoms with Gasteiger partial charge in [0.25, 0.3) is 17.9 Å². The Labute approximate surface area is 191 Å². The fourth-order valence-electron chi connectivity index (χ4n) is 3.14. The van der Waals surface area contributed by atoms with Crippen LogP contribution in [-0.2, 0) is 12.5 Å². The molecule has 0 aliphatic heterocycles. The first-order valence-corrected chi connectivity index (χ1v) is 9.77. The molecule has 0 aliphatic rings. The van der Waals surface area contributed by atoms with Gasteiger partial charge in [-0.3, -0.25) is 9.36 Å². The number of hydrogen-bond acceptors (Lipinski definition) is 6. The molecule has 178 valence electrons. The van der Waals surface area contributed by atoms with Crippen LogP contribution in [0.3, 0.4) is 0 Å². The van der Waals surface area contributed by atoms with Gasteiger partial charge >= 0.3 is 0 Å². The molecule has 0 spiro atoms. The number of nitriles is 1. The highest BCUT2D eigenvalue weighted by molar-refractivity contribution is 5.56. The highest BCUT2D eigenvalue weighted by atomic mass is 19.3. The maximum Gasteiger partial charge on any atom is 0.297 e. The van der Waals surface area contributed by atoms with E-state index in [0.717, 1.165) is 30.1 Å². The highest BCUT2D eigenvalue weighted by Gasteiger charge is 2.34. The van der Waals surface area contributed by atoms with Gasteiger partial charge in [0.05, 0.1) is 32.7 Å². The van der Waals surface area contributed by atoms with Gasteiger partial charge in [0.1, 0.15) is 11.8 Å². The second-order valence-corrected chi connectivity index (χ2v) is 7.21. The van der Waals surface area contributed by atoms with Crippen LogP contribution in [0.4, 0.5) is 17.6 Å². The van der Waals surface area contributed by atoms with Crippen LogP contribution in [0.2, 0.25) is 0 Å². The summed E-state index contributed by atoms with van der Waals surface area (Å²) >= 11 is 0. The Hall–Kier alpha value is -4.07. The van der Waals surface area contributed by atoms with Crippen molar-refractivity contribution in [2.24, 2.45) is 0 Å². The molecule has 0 fully saturated rings. The summed E-state index contributed by atoms with van der Waals surface area (Å²) in [6, 6.07) is 10.0. The first kappa shape index (κ1) is 24.6. The Bertz CT molecular complexity index is 1280. The van der Waals surface area contributed by atoms with Crippen LogP contribution in [0, 0.1) is 11.3 Å². The van der Waals surface area contributed by atoms with E-state index in [-0.39, 0.29) is 17.9 Å². The molecule has 0 bridgehead atoms. The summed E-state index contributed by atoms with van der Waals surface area (Å²) in [6.07, 6.45) is -2.05. The third kappa shape index (κ3) is 5.11. The molecule has 11 heteroatoms. The average Bonchev–Trinajstić information content (AvgIpc) is 2.80. The van der Waals surface area contributed by atoms with E-state index in [1.807, 2.05) is 0 Å². The third-order valence-electron chi connectivity index (χ3n) is 4.79. The normalized spacial score (nSPS) is 11.3. The van der Waals surface area contributed by atoms with Gasteiger partial charge in [0.15, 0.2) is 17.2 Å². The van der Waals surface area contributed by atoms with Crippen LogP contribution in [0.1, 0.15) is 35.7 Å². The third-order valence-corrected chi connectivity index (χ3v) is 4.79. The zero-order chi connectivity index (χ0) is 25.0. The van der Waals surface area contributed by atoms with Gasteiger partial charge in [-0.2, -0.15) is 14.0 Å². The molecule has 7 nitrogen and oxygen atoms in total. The number of alkyl halides is 4. The molecular formula is C23H19F4N3O4. The summed E-state index contributed by atoms with van der Waals surface area (Å²) < 4.78 is 71.8. The van der Waals surface area contributed by atoms with E-state index >= 15 is 0 Å². The standard InChI is InChI=1S/C23H19F4N3O4/c1-23(26,27)20-19(34-17-9-14(21(24)25)8-15(10-28)18(17)33-3)22(31)30(12-29-20)11-13-4-6-16(32-2)7-5-13/h4-9,12,21H,11H2,1-3H3. The lowest BCUT2D eigenvalue weighted by Gasteiger charge is -2.18. The molecule has 3 rings (SSSR count). The number of nitrogens with zero attached hydrogens (tertiary/aromatic N) is 3. The molecular weight excluding hydrogens is 458 g/mol. The van der Waals surface area contributed by atoms with Crippen molar-refractivity contribution in [3.8, 4) is 29.1 Å². The van der Waals surface area contributed by atoms with Crippen LogP contribution < -0.4 is 19.8 Å². The molecule has 0 atom stereocenters. The van der Waals surface area contributed by atoms with Gasteiger partial charge in [0.2, 0.25) is 5.75 Å². The largest absolute Gasteiger partial charge is 0.497 e. The predicted octanol–water partition coefficient (Wildman–Crippen LogP) is 5.02. The summed E-state index contributed by atoms with van der Waals surface area (Å²) in [4.78, 5) is 16.8. The summed E-state index contributed by atoms with van der Waals surface area (Å²) in [6.45, 7) is 0.475. The van der Waals surface area contributed by atoms with E-state index in [4.69, 9.17) is 14.2 Å². The zero-order valence-electron chi connectivity index (χ0n) is 18.3. The number of benzene rings is 2. The van der Waals surface area contributed by atoms with Gasteiger partial charge in [0, 0.05) is 12.5 Å². The summed E-state index contributed by atoms with van der Waals surface area (Å²) in [5, 5.41) is 9.29. The Kier molecular flexibility index (Phi) is 7.10. The van der Waals surface area contributed by atoms with Crippen molar-refractivity contribution in [2.45, 2.75) is 25.8 Å². The lowest BCUT2D eigenvalue weighted by Crippen LogP contribution is -2.27. The van der Waals surface area contributed by atoms with E-state index in [1.165, 1.54) is 7.11 Å². The summed E-state index contributed by atoms with van der Waals surface area (Å²) in [7, 11) is 2.64. The Balaban J connectivity index is 2.15. The van der Waals surface area contributed by atoms with E-state index in [2.05, 4.69) is 4.98 Å². The summed E-state index contributed by atoms with van der Waals surface area (Å²) in [5.41, 5.74) is -2.27. The first-order valence-electron chi connectivity index (χ1n) is 9.77. The number of rotatable bonds is 8. The molecule has 0 saturated carbocycles. The maximum absolute atomic E-state index is 14.3. The van der Waals surface area contributed by atoms with Crippen molar-refractivity contribution in [1.29, 1.82) is 5.26 Å². The van der Waals surface area contributed by atoms with Crippen molar-refractivity contribution in [3.05, 3.63) is 75.5 Å². The average molecular weight is 477 g/mol. The van der Waals surface area contributed by atoms with Crippen LogP contribution in [-0.4, -0.2) is 23.8 Å². The molecule has 2 aromatic carbocycles. The second kappa shape index (κ2) is 9.82. The van der Waals surface area contributed by atoms with Gasteiger partial charge in [-0.15, -0.1) is 0 Å². The Morgan fingerprint density at radius 2 is 1.79 bits per heavy atom. The number of halogens is 4. The Morgan fingerprint density at radius 1 is 1.12 bits per heavy atom. The molecule has 34 heavy (non-hydrogen) atoms. The molecule has 3 aromatic rings. The van der Waals surface area contributed by atoms with Crippen molar-refractivity contribution in [2.75, 3.05) is 14.2 Å². The minimum atomic E-state index is -3.60. The lowest BCUT2D eigenvalue weighted by atomic mass is 10.1. The zero-order valence-corrected chi connectivity index (χ0v) is 18.3. The van der Waals surface area contributed by atoms with Crippen molar-refractivity contribution >= 4 is 0 Å². The molecule has 0 unspecified atom stereocenters. The monoisotopic (exact) mass is 477 g/mol. The van der Waals surface area contributed by atoms with Crippen LogP contribution in [0.5, 0.6) is 23.0 Å². The minimum Gasteiger partial charge on any atom is -0.497 e. The highest BCUT2D eigenvalue weighted by Crippen LogP contribution is 2.40. The number of methoxy groups -OCH3 is 2. The Morgan fingerprint density at radius 3 is 2.32 bits per heavy atom. The van der Waals surface area contributed by atoms with E-state index in [1.54, 1.807) is 30.3 Å². The molecule has 1 heterocycles. The van der Waals surface area contributed by atoms with Gasteiger partial charge in [-0.1, -0.05) is 12.1 Å². The molecule has 0 aliphatic carbocycles. The van der Waals surface area contributed by atoms with E-state index < -0.39 is 40.7 Å². The van der Waals surface area contributed by atoms with Gasteiger partial charge in [-0.05, 0) is 29.8 Å². The first-order chi connectivity index (χ1) is 16.1. The topological polar surface area (TPSA) is 86.4 Å². The lowest BCUT2D eigenvalue weighted by molar-refractivity contribution is 0.0100. The number of ether oxygens (including phenoxy) is 3. The molecule has 1 aromatic heterocycles. The second-order valence-electron chi connectivity index (χ2n) is 7.21. The number of hydrogen-bond donors (Lipinski definition) is 0. The van der Waals surface area contributed by atoms with Crippen LogP contribution >= 0.6 is 0 Å². The van der Waals surface area contributed by atoms with Crippen LogP contribution in [0.25, 0.3) is 0 Å². The van der Waals surface area contributed by atoms with Crippen molar-refractivity contribution in [3.63, 3.8) is 0 Å². The molecule has 0 N–H and O–H groups in total. The molecule has 0 amide bonds. The van der Waals surface area contributed by atoms with Crippen molar-refractivity contribution < 1.29 is 31.8 Å². The fourth-order valence-corrected chi connectivity index (χ4v) is 3.14. The SMILES string of the molecule is COc1ccc(Cn2cnc(C(C)(F)F)c(Oc3cc(C(F)F)cc(C#N)c3OC)c2=O)cc1. The van der Waals surface area contributed by atoms with E-state index in [9.17, 15) is 27.6 Å². The molecule has 0 saturated heterocycles. The van der Waals surface area contributed by atoms with Gasteiger partial charge in [-0.25, -0.2) is 13.8 Å². The van der Waals surface area contributed by atoms with Gasteiger partial charge < -0.3 is 14.2 Å². The smallest absolute Gasteiger partial charge is 0.297 e. The summed E-state index contributed by atoms with van der Waals surface area (Å²) in [5.74, 6) is -4.68. The minimum absolute atomic E-state index is 0.0423.